The van der Waals surface area contributed by atoms with E-state index >= 15 is 0 Å². The Labute approximate surface area is 115 Å². The summed E-state index contributed by atoms with van der Waals surface area (Å²) in [7, 11) is 1.64. The minimum atomic E-state index is 0.0179. The Bertz CT molecular complexity index is 413. The number of anilines is 1. The van der Waals surface area contributed by atoms with Crippen LogP contribution in [-0.4, -0.2) is 42.2 Å². The SMILES string of the molecule is CCn1cc(N)cc1C(=O)N(CCOC)CC(C)C. The highest BCUT2D eigenvalue weighted by Gasteiger charge is 2.20. The Balaban J connectivity index is 2.90. The first-order valence-electron chi connectivity index (χ1n) is 6.73. The lowest BCUT2D eigenvalue weighted by molar-refractivity contribution is 0.0662. The van der Waals surface area contributed by atoms with Crippen LogP contribution in [0.1, 0.15) is 31.3 Å². The fourth-order valence-corrected chi connectivity index (χ4v) is 2.05. The Morgan fingerprint density at radius 1 is 1.53 bits per heavy atom. The molecule has 0 fully saturated rings. The Kier molecular flexibility index (Phi) is 5.89. The van der Waals surface area contributed by atoms with Crippen molar-refractivity contribution in [1.82, 2.24) is 9.47 Å². The predicted molar refractivity (Wildman–Crippen MR) is 77.1 cm³/mol. The molecule has 0 bridgehead atoms. The van der Waals surface area contributed by atoms with Crippen LogP contribution in [0.25, 0.3) is 0 Å². The molecule has 0 spiro atoms. The van der Waals surface area contributed by atoms with Gasteiger partial charge in [-0.15, -0.1) is 0 Å². The zero-order chi connectivity index (χ0) is 14.4. The van der Waals surface area contributed by atoms with Gasteiger partial charge >= 0.3 is 0 Å². The first-order chi connectivity index (χ1) is 8.99. The molecular weight excluding hydrogens is 242 g/mol. The van der Waals surface area contributed by atoms with Crippen molar-refractivity contribution in [3.05, 3.63) is 18.0 Å². The summed E-state index contributed by atoms with van der Waals surface area (Å²) in [5.41, 5.74) is 7.05. The standard InChI is InChI=1S/C14H25N3O2/c1-5-16-10-12(15)8-13(16)14(18)17(6-7-19-4)9-11(2)3/h8,10-11H,5-7,9,15H2,1-4H3. The molecule has 0 aliphatic carbocycles. The van der Waals surface area contributed by atoms with Gasteiger partial charge in [-0.05, 0) is 18.9 Å². The summed E-state index contributed by atoms with van der Waals surface area (Å²) >= 11 is 0. The number of aromatic nitrogens is 1. The molecule has 0 saturated carbocycles. The average molecular weight is 267 g/mol. The lowest BCUT2D eigenvalue weighted by Gasteiger charge is -2.24. The molecule has 0 unspecified atom stereocenters. The van der Waals surface area contributed by atoms with E-state index in [1.165, 1.54) is 0 Å². The van der Waals surface area contributed by atoms with Crippen LogP contribution in [0.3, 0.4) is 0 Å². The van der Waals surface area contributed by atoms with E-state index in [2.05, 4.69) is 13.8 Å². The highest BCUT2D eigenvalue weighted by atomic mass is 16.5. The predicted octanol–water partition coefficient (Wildman–Crippen LogP) is 1.83. The number of carbonyl (C=O) groups excluding carboxylic acids is 1. The van der Waals surface area contributed by atoms with Crippen molar-refractivity contribution in [3.8, 4) is 0 Å². The van der Waals surface area contributed by atoms with Gasteiger partial charge in [0.25, 0.3) is 5.91 Å². The van der Waals surface area contributed by atoms with Crippen molar-refractivity contribution >= 4 is 11.6 Å². The Morgan fingerprint density at radius 3 is 2.74 bits per heavy atom. The van der Waals surface area contributed by atoms with Crippen molar-refractivity contribution in [2.45, 2.75) is 27.3 Å². The fourth-order valence-electron chi connectivity index (χ4n) is 2.05. The van der Waals surface area contributed by atoms with Gasteiger partial charge < -0.3 is 19.9 Å². The van der Waals surface area contributed by atoms with Crippen LogP contribution in [0.15, 0.2) is 12.3 Å². The minimum Gasteiger partial charge on any atom is -0.397 e. The molecular formula is C14H25N3O2. The summed E-state index contributed by atoms with van der Waals surface area (Å²) in [6.07, 6.45) is 1.80. The molecule has 0 atom stereocenters. The van der Waals surface area contributed by atoms with Crippen LogP contribution in [0, 0.1) is 5.92 Å². The van der Waals surface area contributed by atoms with E-state index in [9.17, 15) is 4.79 Å². The number of amides is 1. The van der Waals surface area contributed by atoms with Gasteiger partial charge in [0.1, 0.15) is 5.69 Å². The van der Waals surface area contributed by atoms with E-state index in [0.29, 0.717) is 30.5 Å². The summed E-state index contributed by atoms with van der Waals surface area (Å²) in [6, 6.07) is 1.74. The van der Waals surface area contributed by atoms with Crippen LogP contribution in [-0.2, 0) is 11.3 Å². The number of nitrogens with two attached hydrogens (primary N) is 1. The van der Waals surface area contributed by atoms with Crippen molar-refractivity contribution < 1.29 is 9.53 Å². The van der Waals surface area contributed by atoms with Crippen molar-refractivity contribution in [1.29, 1.82) is 0 Å². The van der Waals surface area contributed by atoms with Crippen molar-refractivity contribution in [3.63, 3.8) is 0 Å². The summed E-state index contributed by atoms with van der Waals surface area (Å²) in [5, 5.41) is 0. The third-order valence-corrected chi connectivity index (χ3v) is 2.92. The third kappa shape index (κ3) is 4.28. The summed E-state index contributed by atoms with van der Waals surface area (Å²) in [4.78, 5) is 14.4. The summed E-state index contributed by atoms with van der Waals surface area (Å²) < 4.78 is 6.96. The van der Waals surface area contributed by atoms with Crippen molar-refractivity contribution in [2.24, 2.45) is 5.92 Å². The second-order valence-electron chi connectivity index (χ2n) is 5.08. The summed E-state index contributed by atoms with van der Waals surface area (Å²) in [5.74, 6) is 0.437. The molecule has 1 rings (SSSR count). The molecule has 0 aromatic carbocycles. The molecule has 1 heterocycles. The van der Waals surface area contributed by atoms with Gasteiger partial charge in [-0.3, -0.25) is 4.79 Å². The quantitative estimate of drug-likeness (QED) is 0.820. The molecule has 5 heteroatoms. The molecule has 108 valence electrons. The normalized spacial score (nSPS) is 11.0. The van der Waals surface area contributed by atoms with E-state index < -0.39 is 0 Å². The van der Waals surface area contributed by atoms with E-state index in [-0.39, 0.29) is 5.91 Å². The second-order valence-corrected chi connectivity index (χ2v) is 5.08. The highest BCUT2D eigenvalue weighted by molar-refractivity contribution is 5.93. The van der Waals surface area contributed by atoms with E-state index in [1.807, 2.05) is 16.4 Å². The maximum absolute atomic E-state index is 12.6. The van der Waals surface area contributed by atoms with Crippen molar-refractivity contribution in [2.75, 3.05) is 32.5 Å². The third-order valence-electron chi connectivity index (χ3n) is 2.92. The second kappa shape index (κ2) is 7.19. The number of aryl methyl sites for hydroxylation is 1. The molecule has 0 aliphatic rings. The van der Waals surface area contributed by atoms with E-state index in [0.717, 1.165) is 13.1 Å². The molecule has 5 nitrogen and oxygen atoms in total. The van der Waals surface area contributed by atoms with Gasteiger partial charge in [0.05, 0.1) is 12.3 Å². The maximum Gasteiger partial charge on any atom is 0.270 e. The van der Waals surface area contributed by atoms with Gasteiger partial charge in [-0.1, -0.05) is 13.8 Å². The zero-order valence-corrected chi connectivity index (χ0v) is 12.3. The maximum atomic E-state index is 12.6. The fraction of sp³-hybridized carbons (Fsp3) is 0.643. The number of hydrogen-bond acceptors (Lipinski definition) is 3. The Morgan fingerprint density at radius 2 is 2.21 bits per heavy atom. The van der Waals surface area contributed by atoms with Gasteiger partial charge in [0.15, 0.2) is 0 Å². The number of nitrogen functional groups attached to an aromatic ring is 1. The monoisotopic (exact) mass is 267 g/mol. The van der Waals surface area contributed by atoms with Gasteiger partial charge in [-0.2, -0.15) is 0 Å². The first kappa shape index (κ1) is 15.6. The minimum absolute atomic E-state index is 0.0179. The number of ether oxygens (including phenoxy) is 1. The Hall–Kier alpha value is -1.49. The molecule has 0 saturated heterocycles. The highest BCUT2D eigenvalue weighted by Crippen LogP contribution is 2.14. The van der Waals surface area contributed by atoms with E-state index in [1.54, 1.807) is 19.4 Å². The smallest absolute Gasteiger partial charge is 0.270 e. The topological polar surface area (TPSA) is 60.5 Å². The lowest BCUT2D eigenvalue weighted by Crippen LogP contribution is -2.37. The lowest BCUT2D eigenvalue weighted by atomic mass is 10.2. The molecule has 2 N–H and O–H groups in total. The average Bonchev–Trinajstić information content (AvgIpc) is 2.74. The van der Waals surface area contributed by atoms with E-state index in [4.69, 9.17) is 10.5 Å². The number of carbonyl (C=O) groups is 1. The number of rotatable bonds is 7. The molecule has 1 aromatic rings. The van der Waals surface area contributed by atoms with Crippen LogP contribution in [0.4, 0.5) is 5.69 Å². The summed E-state index contributed by atoms with van der Waals surface area (Å²) in [6.45, 7) is 8.79. The molecule has 19 heavy (non-hydrogen) atoms. The first-order valence-corrected chi connectivity index (χ1v) is 6.73. The van der Waals surface area contributed by atoms with Crippen LogP contribution in [0.5, 0.6) is 0 Å². The van der Waals surface area contributed by atoms with Gasteiger partial charge in [0.2, 0.25) is 0 Å². The molecule has 1 aromatic heterocycles. The van der Waals surface area contributed by atoms with Gasteiger partial charge in [0, 0.05) is 32.9 Å². The van der Waals surface area contributed by atoms with Crippen LogP contribution < -0.4 is 5.73 Å². The number of hydrogen-bond donors (Lipinski definition) is 1. The molecule has 0 radical (unpaired) electrons. The van der Waals surface area contributed by atoms with Crippen LogP contribution >= 0.6 is 0 Å². The van der Waals surface area contributed by atoms with Gasteiger partial charge in [-0.25, -0.2) is 0 Å². The number of nitrogens with zero attached hydrogens (tertiary/aromatic N) is 2. The number of methoxy groups -OCH3 is 1. The van der Waals surface area contributed by atoms with Crippen LogP contribution in [0.2, 0.25) is 0 Å². The molecule has 0 aliphatic heterocycles. The molecule has 1 amide bonds. The largest absolute Gasteiger partial charge is 0.397 e. The zero-order valence-electron chi connectivity index (χ0n) is 12.3.